The van der Waals surface area contributed by atoms with Gasteiger partial charge in [-0.2, -0.15) is 0 Å². The minimum atomic E-state index is -1.21. The number of halogens is 1. The van der Waals surface area contributed by atoms with Gasteiger partial charge in [0.05, 0.1) is 36.7 Å². The van der Waals surface area contributed by atoms with E-state index >= 15 is 0 Å². The monoisotopic (exact) mass is 415 g/mol. The van der Waals surface area contributed by atoms with Gasteiger partial charge < -0.3 is 21.1 Å². The SMILES string of the molecule is Cl.NC(CO)(CO)CO.[Ru].c1ccc(-c2ccccn2)nc1. The molecule has 2 rings (SSSR count). The van der Waals surface area contributed by atoms with Crippen LogP contribution in [0.4, 0.5) is 0 Å². The van der Waals surface area contributed by atoms with Crippen LogP contribution in [0.1, 0.15) is 0 Å². The third-order valence-corrected chi connectivity index (χ3v) is 2.54. The van der Waals surface area contributed by atoms with Gasteiger partial charge in [0, 0.05) is 31.9 Å². The molecule has 0 aliphatic rings. The first-order chi connectivity index (χ1) is 9.65. The predicted molar refractivity (Wildman–Crippen MR) is 82.9 cm³/mol. The Morgan fingerprint density at radius 1 is 0.818 bits per heavy atom. The maximum Gasteiger partial charge on any atom is 0.0886 e. The van der Waals surface area contributed by atoms with Crippen LogP contribution in [0.25, 0.3) is 11.4 Å². The number of hydrogen-bond donors (Lipinski definition) is 4. The minimum Gasteiger partial charge on any atom is -0.394 e. The molecule has 6 nitrogen and oxygen atoms in total. The summed E-state index contributed by atoms with van der Waals surface area (Å²) in [6, 6.07) is 11.6. The number of aromatic nitrogens is 2. The zero-order valence-corrected chi connectivity index (χ0v) is 14.4. The molecule has 0 aliphatic carbocycles. The predicted octanol–water partition coefficient (Wildman–Crippen LogP) is 0.224. The first kappa shape index (κ1) is 23.3. The second-order valence-corrected chi connectivity index (χ2v) is 4.27. The number of rotatable bonds is 4. The third kappa shape index (κ3) is 7.89. The van der Waals surface area contributed by atoms with Crippen LogP contribution in [0.3, 0.4) is 0 Å². The zero-order valence-electron chi connectivity index (χ0n) is 11.8. The fraction of sp³-hybridized carbons (Fsp3) is 0.286. The van der Waals surface area contributed by atoms with Gasteiger partial charge in [0.2, 0.25) is 0 Å². The standard InChI is InChI=1S/C10H8N2.C4H11NO3.ClH.Ru/c1-3-7-11-9(5-1)10-6-2-4-8-12-10;5-4(1-6,2-7)3-8;;/h1-8H;6-8H,1-3,5H2;1H;. The number of hydrogen-bond acceptors (Lipinski definition) is 6. The molecule has 8 heteroatoms. The van der Waals surface area contributed by atoms with E-state index in [9.17, 15) is 0 Å². The summed E-state index contributed by atoms with van der Waals surface area (Å²) in [5.41, 5.74) is 5.77. The molecule has 0 unspecified atom stereocenters. The Bertz CT molecular complexity index is 441. The molecule has 0 spiro atoms. The fourth-order valence-corrected chi connectivity index (χ4v) is 1.18. The van der Waals surface area contributed by atoms with Crippen LogP contribution in [-0.2, 0) is 19.5 Å². The van der Waals surface area contributed by atoms with Crippen molar-refractivity contribution in [3.63, 3.8) is 0 Å². The molecule has 5 N–H and O–H groups in total. The van der Waals surface area contributed by atoms with E-state index in [1.54, 1.807) is 12.4 Å². The molecule has 0 aliphatic heterocycles. The smallest absolute Gasteiger partial charge is 0.0886 e. The molecule has 0 saturated carbocycles. The summed E-state index contributed by atoms with van der Waals surface area (Å²) in [5, 5.41) is 25.0. The second-order valence-electron chi connectivity index (χ2n) is 4.27. The second kappa shape index (κ2) is 12.6. The molecule has 0 bridgehead atoms. The summed E-state index contributed by atoms with van der Waals surface area (Å²) in [6.07, 6.45) is 3.54. The van der Waals surface area contributed by atoms with E-state index in [0.29, 0.717) is 0 Å². The summed E-state index contributed by atoms with van der Waals surface area (Å²) in [5.74, 6) is 0. The summed E-state index contributed by atoms with van der Waals surface area (Å²) >= 11 is 0. The molecule has 2 aromatic heterocycles. The fourth-order valence-electron chi connectivity index (χ4n) is 1.18. The van der Waals surface area contributed by atoms with Crippen molar-refractivity contribution in [2.75, 3.05) is 19.8 Å². The van der Waals surface area contributed by atoms with Crippen molar-refractivity contribution in [1.29, 1.82) is 0 Å². The Balaban J connectivity index is 0. The average Bonchev–Trinajstić information content (AvgIpc) is 2.56. The number of nitrogens with zero attached hydrogens (tertiary/aromatic N) is 2. The summed E-state index contributed by atoms with van der Waals surface area (Å²) in [6.45, 7) is -1.21. The number of nitrogens with two attached hydrogens (primary N) is 1. The Morgan fingerprint density at radius 2 is 1.18 bits per heavy atom. The molecule has 0 radical (unpaired) electrons. The summed E-state index contributed by atoms with van der Waals surface area (Å²) in [4.78, 5) is 8.37. The van der Waals surface area contributed by atoms with Crippen molar-refractivity contribution in [3.05, 3.63) is 48.8 Å². The maximum atomic E-state index is 8.34. The molecule has 2 aromatic rings. The first-order valence-corrected chi connectivity index (χ1v) is 6.09. The van der Waals surface area contributed by atoms with E-state index in [4.69, 9.17) is 21.1 Å². The van der Waals surface area contributed by atoms with E-state index < -0.39 is 25.4 Å². The molecule has 0 saturated heterocycles. The molecule has 2 heterocycles. The average molecular weight is 415 g/mol. The van der Waals surface area contributed by atoms with Crippen molar-refractivity contribution in [2.45, 2.75) is 5.54 Å². The summed E-state index contributed by atoms with van der Waals surface area (Å²) in [7, 11) is 0. The van der Waals surface area contributed by atoms with Crippen LogP contribution in [0.15, 0.2) is 48.8 Å². The van der Waals surface area contributed by atoms with E-state index in [-0.39, 0.29) is 31.9 Å². The van der Waals surface area contributed by atoms with E-state index in [2.05, 4.69) is 9.97 Å². The Hall–Kier alpha value is -0.947. The normalized spacial score (nSPS) is 9.64. The molecule has 0 fully saturated rings. The number of aliphatic hydroxyl groups is 3. The Morgan fingerprint density at radius 3 is 1.36 bits per heavy atom. The molecule has 0 aromatic carbocycles. The van der Waals surface area contributed by atoms with Gasteiger partial charge >= 0.3 is 0 Å². The van der Waals surface area contributed by atoms with Crippen LogP contribution >= 0.6 is 12.4 Å². The van der Waals surface area contributed by atoms with Gasteiger partial charge in [-0.15, -0.1) is 12.4 Å². The largest absolute Gasteiger partial charge is 0.394 e. The van der Waals surface area contributed by atoms with Gasteiger partial charge in [0.1, 0.15) is 0 Å². The number of pyridine rings is 2. The van der Waals surface area contributed by atoms with Gasteiger partial charge in [-0.3, -0.25) is 9.97 Å². The molecular formula is C14H20ClN3O3Ru. The van der Waals surface area contributed by atoms with Gasteiger partial charge in [-0.25, -0.2) is 0 Å². The molecular weight excluding hydrogens is 395 g/mol. The van der Waals surface area contributed by atoms with Crippen molar-refractivity contribution in [1.82, 2.24) is 9.97 Å². The van der Waals surface area contributed by atoms with Crippen LogP contribution in [-0.4, -0.2) is 50.6 Å². The van der Waals surface area contributed by atoms with Crippen molar-refractivity contribution >= 4 is 12.4 Å². The van der Waals surface area contributed by atoms with Crippen LogP contribution in [0, 0.1) is 0 Å². The van der Waals surface area contributed by atoms with Crippen molar-refractivity contribution in [3.8, 4) is 11.4 Å². The Kier molecular flexibility index (Phi) is 13.3. The quantitative estimate of drug-likeness (QED) is 0.533. The van der Waals surface area contributed by atoms with Crippen LogP contribution in [0.2, 0.25) is 0 Å². The molecule has 124 valence electrons. The van der Waals surface area contributed by atoms with Gasteiger partial charge in [0.15, 0.2) is 0 Å². The maximum absolute atomic E-state index is 8.34. The first-order valence-electron chi connectivity index (χ1n) is 6.09. The van der Waals surface area contributed by atoms with Crippen molar-refractivity contribution < 1.29 is 34.8 Å². The van der Waals surface area contributed by atoms with Gasteiger partial charge in [0.25, 0.3) is 0 Å². The van der Waals surface area contributed by atoms with E-state index in [0.717, 1.165) is 11.4 Å². The zero-order chi connectivity index (χ0) is 14.8. The van der Waals surface area contributed by atoms with Gasteiger partial charge in [-0.05, 0) is 24.3 Å². The van der Waals surface area contributed by atoms with Crippen LogP contribution in [0.5, 0.6) is 0 Å². The van der Waals surface area contributed by atoms with E-state index in [1.807, 2.05) is 36.4 Å². The minimum absolute atomic E-state index is 0. The van der Waals surface area contributed by atoms with Gasteiger partial charge in [-0.1, -0.05) is 12.1 Å². The van der Waals surface area contributed by atoms with Crippen LogP contribution < -0.4 is 5.73 Å². The molecule has 22 heavy (non-hydrogen) atoms. The molecule has 0 amide bonds. The Labute approximate surface area is 148 Å². The van der Waals surface area contributed by atoms with Crippen molar-refractivity contribution in [2.24, 2.45) is 5.73 Å². The molecule has 0 atom stereocenters. The topological polar surface area (TPSA) is 112 Å². The third-order valence-electron chi connectivity index (χ3n) is 2.54. The number of aliphatic hydroxyl groups excluding tert-OH is 3. The summed E-state index contributed by atoms with van der Waals surface area (Å²) < 4.78 is 0. The van der Waals surface area contributed by atoms with E-state index in [1.165, 1.54) is 0 Å².